The van der Waals surface area contributed by atoms with E-state index in [2.05, 4.69) is 5.32 Å². The Hall–Kier alpha value is -2.83. The Morgan fingerprint density at radius 3 is 2.63 bits per heavy atom. The fraction of sp³-hybridized carbons (Fsp3) is 0.300. The summed E-state index contributed by atoms with van der Waals surface area (Å²) in [4.78, 5) is 26.4. The number of nitrogens with one attached hydrogen (secondary N) is 1. The molecule has 3 rings (SSSR count). The first-order valence-corrected chi connectivity index (χ1v) is 8.68. The summed E-state index contributed by atoms with van der Waals surface area (Å²) in [6, 6.07) is 10.8. The van der Waals surface area contributed by atoms with Gasteiger partial charge in [-0.1, -0.05) is 37.3 Å². The second kappa shape index (κ2) is 7.42. The maximum absolute atomic E-state index is 13.3. The molecule has 2 amide bonds. The molecule has 7 heteroatoms. The summed E-state index contributed by atoms with van der Waals surface area (Å²) >= 11 is 0. The van der Waals surface area contributed by atoms with Gasteiger partial charge < -0.3 is 10.2 Å². The van der Waals surface area contributed by atoms with Crippen LogP contribution in [-0.4, -0.2) is 35.8 Å². The minimum atomic E-state index is -4.49. The highest BCUT2D eigenvalue weighted by atomic mass is 19.4. The SMILES string of the molecule is CC[C@@H]1C(=O)NCCN1C(=O)c1cccc(-c2ccccc2C(F)(F)F)c1. The minimum absolute atomic E-state index is 0.0167. The molecule has 2 aromatic carbocycles. The number of piperazine rings is 1. The number of hydrogen-bond acceptors (Lipinski definition) is 2. The van der Waals surface area contributed by atoms with Crippen molar-refractivity contribution in [1.29, 1.82) is 0 Å². The van der Waals surface area contributed by atoms with E-state index in [0.717, 1.165) is 6.07 Å². The number of halogens is 3. The van der Waals surface area contributed by atoms with Crippen molar-refractivity contribution in [2.24, 2.45) is 0 Å². The Morgan fingerprint density at radius 1 is 1.19 bits per heavy atom. The van der Waals surface area contributed by atoms with Gasteiger partial charge in [0.25, 0.3) is 5.91 Å². The van der Waals surface area contributed by atoms with Crippen LogP contribution in [0.15, 0.2) is 48.5 Å². The van der Waals surface area contributed by atoms with Crippen molar-refractivity contribution < 1.29 is 22.8 Å². The Labute approximate surface area is 155 Å². The molecule has 1 atom stereocenters. The lowest BCUT2D eigenvalue weighted by molar-refractivity contribution is -0.137. The zero-order chi connectivity index (χ0) is 19.6. The van der Waals surface area contributed by atoms with Crippen LogP contribution in [0.3, 0.4) is 0 Å². The minimum Gasteiger partial charge on any atom is -0.353 e. The Balaban J connectivity index is 1.97. The van der Waals surface area contributed by atoms with Gasteiger partial charge >= 0.3 is 6.18 Å². The Bertz CT molecular complexity index is 864. The van der Waals surface area contributed by atoms with Crippen LogP contribution in [0.2, 0.25) is 0 Å². The van der Waals surface area contributed by atoms with E-state index in [1.54, 1.807) is 18.2 Å². The summed E-state index contributed by atoms with van der Waals surface area (Å²) in [5, 5.41) is 2.72. The molecule has 1 fully saturated rings. The number of carbonyl (C=O) groups is 2. The molecule has 1 aliphatic heterocycles. The van der Waals surface area contributed by atoms with Gasteiger partial charge in [0.1, 0.15) is 6.04 Å². The number of hydrogen-bond donors (Lipinski definition) is 1. The number of benzene rings is 2. The monoisotopic (exact) mass is 376 g/mol. The number of amides is 2. The molecule has 0 unspecified atom stereocenters. The van der Waals surface area contributed by atoms with Crippen molar-refractivity contribution in [2.75, 3.05) is 13.1 Å². The van der Waals surface area contributed by atoms with Crippen molar-refractivity contribution in [3.05, 3.63) is 59.7 Å². The maximum atomic E-state index is 13.3. The topological polar surface area (TPSA) is 49.4 Å². The van der Waals surface area contributed by atoms with Gasteiger partial charge in [0.05, 0.1) is 5.56 Å². The third-order valence-electron chi connectivity index (χ3n) is 4.63. The molecule has 1 saturated heterocycles. The highest BCUT2D eigenvalue weighted by molar-refractivity contribution is 5.99. The first-order chi connectivity index (χ1) is 12.8. The molecular weight excluding hydrogens is 357 g/mol. The highest BCUT2D eigenvalue weighted by Crippen LogP contribution is 2.37. The van der Waals surface area contributed by atoms with Crippen molar-refractivity contribution >= 4 is 11.8 Å². The largest absolute Gasteiger partial charge is 0.417 e. The van der Waals surface area contributed by atoms with E-state index in [-0.39, 0.29) is 22.9 Å². The van der Waals surface area contributed by atoms with Gasteiger partial charge in [-0.15, -0.1) is 0 Å². The van der Waals surface area contributed by atoms with Gasteiger partial charge in [-0.25, -0.2) is 0 Å². The van der Waals surface area contributed by atoms with Crippen LogP contribution in [-0.2, 0) is 11.0 Å². The smallest absolute Gasteiger partial charge is 0.353 e. The molecular formula is C20H19F3N2O2. The third kappa shape index (κ3) is 3.82. The van der Waals surface area contributed by atoms with Crippen LogP contribution in [0.5, 0.6) is 0 Å². The fourth-order valence-electron chi connectivity index (χ4n) is 3.33. The average molecular weight is 376 g/mol. The van der Waals surface area contributed by atoms with E-state index in [1.807, 2.05) is 6.92 Å². The molecule has 1 N–H and O–H groups in total. The average Bonchev–Trinajstić information content (AvgIpc) is 2.66. The number of alkyl halides is 3. The second-order valence-electron chi connectivity index (χ2n) is 6.34. The van der Waals surface area contributed by atoms with E-state index in [4.69, 9.17) is 0 Å². The molecule has 0 bridgehead atoms. The molecule has 0 aliphatic carbocycles. The predicted octanol–water partition coefficient (Wildman–Crippen LogP) is 3.72. The van der Waals surface area contributed by atoms with E-state index in [0.29, 0.717) is 25.1 Å². The first kappa shape index (κ1) is 18.9. The van der Waals surface area contributed by atoms with Gasteiger partial charge in [-0.05, 0) is 35.7 Å². The maximum Gasteiger partial charge on any atom is 0.417 e. The number of carbonyl (C=O) groups excluding carboxylic acids is 2. The van der Waals surface area contributed by atoms with Crippen LogP contribution in [0.4, 0.5) is 13.2 Å². The van der Waals surface area contributed by atoms with Crippen LogP contribution < -0.4 is 5.32 Å². The van der Waals surface area contributed by atoms with Crippen LogP contribution >= 0.6 is 0 Å². The zero-order valence-electron chi connectivity index (χ0n) is 14.7. The van der Waals surface area contributed by atoms with Crippen LogP contribution in [0, 0.1) is 0 Å². The first-order valence-electron chi connectivity index (χ1n) is 8.68. The standard InChI is InChI=1S/C20H19F3N2O2/c1-2-17-18(26)24-10-11-25(17)19(27)14-7-5-6-13(12-14)15-8-3-4-9-16(15)20(21,22)23/h3-9,12,17H,2,10-11H2,1H3,(H,24,26)/t17-/m1/s1. The lowest BCUT2D eigenvalue weighted by atomic mass is 9.97. The quantitative estimate of drug-likeness (QED) is 0.888. The second-order valence-corrected chi connectivity index (χ2v) is 6.34. The normalized spacial score (nSPS) is 17.6. The summed E-state index contributed by atoms with van der Waals surface area (Å²) < 4.78 is 39.9. The van der Waals surface area contributed by atoms with Gasteiger partial charge in [0.2, 0.25) is 5.91 Å². The Morgan fingerprint density at radius 2 is 1.93 bits per heavy atom. The summed E-state index contributed by atoms with van der Waals surface area (Å²) in [5.41, 5.74) is -0.164. The summed E-state index contributed by atoms with van der Waals surface area (Å²) in [6.45, 7) is 2.54. The summed E-state index contributed by atoms with van der Waals surface area (Å²) in [5.74, 6) is -0.571. The van der Waals surface area contributed by atoms with E-state index < -0.39 is 17.8 Å². The summed E-state index contributed by atoms with van der Waals surface area (Å²) in [7, 11) is 0. The van der Waals surface area contributed by atoms with E-state index in [9.17, 15) is 22.8 Å². The molecule has 1 heterocycles. The molecule has 1 aliphatic rings. The van der Waals surface area contributed by atoms with Crippen molar-refractivity contribution in [3.8, 4) is 11.1 Å². The van der Waals surface area contributed by atoms with E-state index in [1.165, 1.54) is 29.2 Å². The molecule has 0 saturated carbocycles. The number of rotatable bonds is 3. The molecule has 4 nitrogen and oxygen atoms in total. The zero-order valence-corrected chi connectivity index (χ0v) is 14.7. The molecule has 0 spiro atoms. The molecule has 0 radical (unpaired) electrons. The van der Waals surface area contributed by atoms with Crippen molar-refractivity contribution in [2.45, 2.75) is 25.6 Å². The number of nitrogens with zero attached hydrogens (tertiary/aromatic N) is 1. The highest BCUT2D eigenvalue weighted by Gasteiger charge is 2.34. The van der Waals surface area contributed by atoms with Gasteiger partial charge in [-0.2, -0.15) is 13.2 Å². The molecule has 2 aromatic rings. The summed E-state index contributed by atoms with van der Waals surface area (Å²) in [6.07, 6.45) is -4.02. The lowest BCUT2D eigenvalue weighted by Crippen LogP contribution is -2.56. The molecule has 27 heavy (non-hydrogen) atoms. The van der Waals surface area contributed by atoms with Crippen molar-refractivity contribution in [1.82, 2.24) is 10.2 Å². The predicted molar refractivity (Wildman–Crippen MR) is 95.0 cm³/mol. The van der Waals surface area contributed by atoms with E-state index >= 15 is 0 Å². The van der Waals surface area contributed by atoms with Gasteiger partial charge in [0, 0.05) is 18.7 Å². The van der Waals surface area contributed by atoms with Crippen LogP contribution in [0.1, 0.15) is 29.3 Å². The fourth-order valence-corrected chi connectivity index (χ4v) is 3.33. The van der Waals surface area contributed by atoms with Crippen molar-refractivity contribution in [3.63, 3.8) is 0 Å². The van der Waals surface area contributed by atoms with Crippen LogP contribution in [0.25, 0.3) is 11.1 Å². The third-order valence-corrected chi connectivity index (χ3v) is 4.63. The lowest BCUT2D eigenvalue weighted by Gasteiger charge is -2.34. The molecule has 0 aromatic heterocycles. The molecule has 142 valence electrons. The Kier molecular flexibility index (Phi) is 5.21. The van der Waals surface area contributed by atoms with Gasteiger partial charge in [0.15, 0.2) is 0 Å². The van der Waals surface area contributed by atoms with Gasteiger partial charge in [-0.3, -0.25) is 9.59 Å².